The number of carbonyl (C=O) groups excluding carboxylic acids is 1. The Morgan fingerprint density at radius 2 is 1.85 bits per heavy atom. The lowest BCUT2D eigenvalue weighted by molar-refractivity contribution is 0.0993. The van der Waals surface area contributed by atoms with Crippen LogP contribution in [0.1, 0.15) is 26.5 Å². The van der Waals surface area contributed by atoms with Crippen LogP contribution in [0.4, 0.5) is 0 Å². The zero-order valence-electron chi connectivity index (χ0n) is 13.4. The van der Waals surface area contributed by atoms with Crippen molar-refractivity contribution in [3.05, 3.63) is 21.4 Å². The fraction of sp³-hybridized carbons (Fsp3) is 0.545. The van der Waals surface area contributed by atoms with Crippen molar-refractivity contribution in [2.45, 2.75) is 28.5 Å². The Morgan fingerprint density at radius 1 is 1.25 bits per heavy atom. The summed E-state index contributed by atoms with van der Waals surface area (Å²) < 4.78 is 0. The van der Waals surface area contributed by atoms with E-state index >= 15 is 0 Å². The first-order chi connectivity index (χ1) is 9.04. The summed E-state index contributed by atoms with van der Waals surface area (Å²) in [4.78, 5) is 14.4. The molecule has 0 N–H and O–H groups in total. The molecule has 1 aliphatic rings. The maximum atomic E-state index is 12.1. The van der Waals surface area contributed by atoms with E-state index in [1.807, 2.05) is 0 Å². The highest BCUT2D eigenvalue weighted by atomic mass is 35.5. The van der Waals surface area contributed by atoms with E-state index in [9.17, 15) is 4.79 Å². The number of fused-ring (bicyclic) bond motifs is 1. The molecule has 0 bridgehead atoms. The number of rotatable bonds is 3. The van der Waals surface area contributed by atoms with Gasteiger partial charge in [-0.05, 0) is 18.1 Å². The van der Waals surface area contributed by atoms with Crippen LogP contribution in [0.2, 0.25) is 10.4 Å². The van der Waals surface area contributed by atoms with E-state index in [4.69, 9.17) is 11.6 Å². The van der Waals surface area contributed by atoms with Crippen LogP contribution in [0.25, 0.3) is 0 Å². The van der Waals surface area contributed by atoms with Crippen LogP contribution < -0.4 is 0 Å². The lowest BCUT2D eigenvalue weighted by Crippen LogP contribution is -2.54. The second-order valence-electron chi connectivity index (χ2n) is 7.62. The monoisotopic (exact) mass is 300 g/mol. The van der Waals surface area contributed by atoms with Gasteiger partial charge in [-0.1, -0.05) is 15.6 Å². The van der Waals surface area contributed by atoms with Crippen LogP contribution in [0.5, 0.6) is 0 Å². The molecule has 1 aromatic rings. The highest BCUT2D eigenvalue weighted by Gasteiger charge is 2.52. The normalized spacial score (nSPS) is 22.1. The zero-order valence-corrected chi connectivity index (χ0v) is 15.0. The van der Waals surface area contributed by atoms with Gasteiger partial charge in [-0.3, -0.25) is 4.79 Å². The molecule has 0 saturated heterocycles. The van der Waals surface area contributed by atoms with Crippen molar-refractivity contribution in [2.75, 3.05) is 5.88 Å². The van der Waals surface area contributed by atoms with Crippen molar-refractivity contribution in [3.8, 4) is 0 Å². The lowest BCUT2D eigenvalue weighted by Gasteiger charge is -2.57. The molecular weight excluding hydrogens is 281 g/mol. The minimum absolute atomic E-state index is 0.0695. The van der Waals surface area contributed by atoms with Crippen LogP contribution in [-0.2, 0) is 11.6 Å². The summed E-state index contributed by atoms with van der Waals surface area (Å²) in [5.74, 6) is 0.590. The van der Waals surface area contributed by atoms with Gasteiger partial charge in [0.2, 0.25) is 0 Å². The highest BCUT2D eigenvalue weighted by Crippen LogP contribution is 2.60. The fourth-order valence-corrected chi connectivity index (χ4v) is 4.93. The molecule has 0 aliphatic heterocycles. The smallest absolute Gasteiger partial charge is 0.173 e. The van der Waals surface area contributed by atoms with Gasteiger partial charge >= 0.3 is 0 Å². The molecule has 1 aromatic heterocycles. The number of alkyl halides is 1. The van der Waals surface area contributed by atoms with E-state index < -0.39 is 0 Å². The van der Waals surface area contributed by atoms with Gasteiger partial charge in [0.15, 0.2) is 5.78 Å². The number of Topliss-reactive ketones (excluding diaryl/α,β-unsaturated/α-hetero) is 1. The van der Waals surface area contributed by atoms with Gasteiger partial charge in [-0.2, -0.15) is 0 Å². The summed E-state index contributed by atoms with van der Waals surface area (Å²) >= 11 is 7.38. The SMILES string of the molecule is BC1(B)Cc2sc(C(=O)CCCl)cc2C(B)(B)C1(B)B. The Kier molecular flexibility index (Phi) is 4.15. The number of halogens is 1. The van der Waals surface area contributed by atoms with Gasteiger partial charge in [-0.25, -0.2) is 0 Å². The predicted octanol–water partition coefficient (Wildman–Crippen LogP) is -2.70. The maximum Gasteiger partial charge on any atom is 0.173 e. The Morgan fingerprint density at radius 3 is 2.40 bits per heavy atom. The number of thiophene rings is 1. The summed E-state index contributed by atoms with van der Waals surface area (Å²) in [6, 6.07) is 2.13. The number of ketones is 1. The van der Waals surface area contributed by atoms with Crippen LogP contribution in [-0.4, -0.2) is 58.7 Å². The third-order valence-electron chi connectivity index (χ3n) is 5.94. The molecule has 2 rings (SSSR count). The fourth-order valence-electron chi connectivity index (χ4n) is 3.24. The van der Waals surface area contributed by atoms with Crippen LogP contribution >= 0.6 is 22.9 Å². The lowest BCUT2D eigenvalue weighted by atomic mass is 9.15. The third kappa shape index (κ3) is 2.27. The van der Waals surface area contributed by atoms with Gasteiger partial charge in [0.05, 0.1) is 36.3 Å². The molecule has 0 aromatic carbocycles. The molecule has 0 atom stereocenters. The molecule has 0 fully saturated rings. The van der Waals surface area contributed by atoms with Crippen LogP contribution in [0.15, 0.2) is 6.07 Å². The maximum absolute atomic E-state index is 12.1. The Labute approximate surface area is 136 Å². The summed E-state index contributed by atoms with van der Waals surface area (Å²) in [5, 5.41) is 0.474. The van der Waals surface area contributed by atoms with Crippen molar-refractivity contribution < 1.29 is 4.79 Å². The first-order valence-electron chi connectivity index (χ1n) is 7.27. The van der Waals surface area contributed by atoms with E-state index in [1.54, 1.807) is 11.3 Å². The molecule has 0 radical (unpaired) electrons. The first kappa shape index (κ1) is 16.4. The number of carbonyl (C=O) groups is 1. The van der Waals surface area contributed by atoms with Gasteiger partial charge < -0.3 is 0 Å². The molecule has 9 heteroatoms. The average Bonchev–Trinajstić information content (AvgIpc) is 2.71. The average molecular weight is 300 g/mol. The quantitative estimate of drug-likeness (QED) is 0.337. The van der Waals surface area contributed by atoms with Gasteiger partial charge in [-0.15, -0.1) is 22.9 Å². The molecule has 100 valence electrons. The van der Waals surface area contributed by atoms with Crippen molar-refractivity contribution in [1.29, 1.82) is 0 Å². The minimum atomic E-state index is 0.0695. The second kappa shape index (κ2) is 5.05. The van der Waals surface area contributed by atoms with Gasteiger partial charge in [0.25, 0.3) is 0 Å². The zero-order chi connectivity index (χ0) is 15.3. The molecule has 0 saturated carbocycles. The summed E-state index contributed by atoms with van der Waals surface area (Å²) in [6.07, 6.45) is 1.49. The van der Waals surface area contributed by atoms with E-state index in [1.165, 1.54) is 10.4 Å². The summed E-state index contributed by atoms with van der Waals surface area (Å²) in [6.45, 7) is 0. The summed E-state index contributed by atoms with van der Waals surface area (Å²) in [5.41, 5.74) is 1.37. The molecule has 1 nitrogen and oxygen atoms in total. The third-order valence-corrected chi connectivity index (χ3v) is 7.30. The largest absolute Gasteiger partial charge is 0.293 e. The summed E-state index contributed by atoms with van der Waals surface area (Å²) in [7, 11) is 14.0. The minimum Gasteiger partial charge on any atom is -0.293 e. The molecule has 20 heavy (non-hydrogen) atoms. The van der Waals surface area contributed by atoms with Crippen molar-refractivity contribution in [2.24, 2.45) is 0 Å². The Balaban J connectivity index is 2.53. The van der Waals surface area contributed by atoms with E-state index in [0.717, 1.165) is 11.3 Å². The molecule has 0 amide bonds. The van der Waals surface area contributed by atoms with E-state index in [0.29, 0.717) is 12.3 Å². The Hall–Kier alpha value is 0.0496. The second-order valence-corrected chi connectivity index (χ2v) is 9.14. The molecule has 0 unspecified atom stereocenters. The predicted molar refractivity (Wildman–Crippen MR) is 106 cm³/mol. The number of hydrogen-bond acceptors (Lipinski definition) is 2. The van der Waals surface area contributed by atoms with Gasteiger partial charge in [0.1, 0.15) is 15.7 Å². The van der Waals surface area contributed by atoms with Crippen molar-refractivity contribution in [1.82, 2.24) is 0 Å². The molecule has 1 heterocycles. The topological polar surface area (TPSA) is 17.1 Å². The van der Waals surface area contributed by atoms with Crippen molar-refractivity contribution in [3.63, 3.8) is 0 Å². The van der Waals surface area contributed by atoms with E-state index in [2.05, 4.69) is 53.1 Å². The molecule has 1 aliphatic carbocycles. The highest BCUT2D eigenvalue weighted by molar-refractivity contribution is 7.14. The standard InChI is InChI=1S/C11H19B6ClOS/c12-9(13)4-8-5(10(14,15)11(9,16)17)3-7(20-8)6(19)1-2-18/h3H,1-2,4,12-17H2. The first-order valence-corrected chi connectivity index (χ1v) is 8.62. The molecular formula is C11H19B6ClOS. The van der Waals surface area contributed by atoms with E-state index in [-0.39, 0.29) is 21.4 Å². The Bertz CT molecular complexity index is 553. The van der Waals surface area contributed by atoms with Crippen LogP contribution in [0, 0.1) is 0 Å². The van der Waals surface area contributed by atoms with Crippen LogP contribution in [0.3, 0.4) is 0 Å². The van der Waals surface area contributed by atoms with Gasteiger partial charge in [0, 0.05) is 17.2 Å². The van der Waals surface area contributed by atoms with Crippen molar-refractivity contribution >= 4 is 75.8 Å². The number of hydrogen-bond donors (Lipinski definition) is 0. The molecule has 0 spiro atoms.